The van der Waals surface area contributed by atoms with Crippen molar-refractivity contribution in [1.82, 2.24) is 10.6 Å². The first kappa shape index (κ1) is 13.4. The van der Waals surface area contributed by atoms with Gasteiger partial charge in [-0.25, -0.2) is 4.39 Å². The third-order valence-corrected chi connectivity index (χ3v) is 2.33. The highest BCUT2D eigenvalue weighted by molar-refractivity contribution is 5.79. The number of nitrogens with zero attached hydrogens (tertiary/aromatic N) is 1. The van der Waals surface area contributed by atoms with Crippen molar-refractivity contribution in [3.8, 4) is 0 Å². The van der Waals surface area contributed by atoms with Gasteiger partial charge in [0.15, 0.2) is 5.96 Å². The Morgan fingerprint density at radius 3 is 2.82 bits per heavy atom. The van der Waals surface area contributed by atoms with E-state index in [1.165, 1.54) is 6.07 Å². The minimum absolute atomic E-state index is 0.242. The summed E-state index contributed by atoms with van der Waals surface area (Å²) >= 11 is 0. The molecule has 4 nitrogen and oxygen atoms in total. The van der Waals surface area contributed by atoms with Crippen LogP contribution >= 0.6 is 0 Å². The minimum atomic E-state index is -0.242. The molecule has 1 aromatic carbocycles. The molecule has 1 rings (SSSR count). The molecule has 1 aromatic rings. The number of rotatable bonds is 4. The fraction of sp³-hybridized carbons (Fsp3) is 0.417. The molecule has 0 saturated carbocycles. The van der Waals surface area contributed by atoms with Crippen molar-refractivity contribution in [2.24, 2.45) is 4.99 Å². The van der Waals surface area contributed by atoms with Crippen molar-refractivity contribution in [3.05, 3.63) is 35.1 Å². The van der Waals surface area contributed by atoms with Crippen LogP contribution in [-0.4, -0.2) is 27.2 Å². The van der Waals surface area contributed by atoms with Crippen LogP contribution in [0.3, 0.4) is 0 Å². The highest BCUT2D eigenvalue weighted by Crippen LogP contribution is 2.11. The summed E-state index contributed by atoms with van der Waals surface area (Å²) in [6.07, 6.45) is 0. The van der Waals surface area contributed by atoms with E-state index < -0.39 is 0 Å². The Kier molecular flexibility index (Phi) is 5.42. The average molecular weight is 239 g/mol. The number of nitrogens with one attached hydrogen (secondary N) is 2. The number of hydrogen-bond acceptors (Lipinski definition) is 2. The zero-order chi connectivity index (χ0) is 12.7. The molecule has 0 amide bonds. The van der Waals surface area contributed by atoms with E-state index in [1.807, 2.05) is 0 Å². The van der Waals surface area contributed by atoms with Gasteiger partial charge in [-0.15, -0.1) is 0 Å². The van der Waals surface area contributed by atoms with Crippen LogP contribution in [0.2, 0.25) is 0 Å². The van der Waals surface area contributed by atoms with Crippen LogP contribution in [0.25, 0.3) is 0 Å². The number of ether oxygens (including phenoxy) is 1. The van der Waals surface area contributed by atoms with E-state index in [-0.39, 0.29) is 12.4 Å². The lowest BCUT2D eigenvalue weighted by Crippen LogP contribution is -2.34. The lowest BCUT2D eigenvalue weighted by Gasteiger charge is -2.10. The summed E-state index contributed by atoms with van der Waals surface area (Å²) < 4.78 is 18.3. The molecule has 0 fully saturated rings. The number of guanidine groups is 1. The quantitative estimate of drug-likeness (QED) is 0.614. The fourth-order valence-corrected chi connectivity index (χ4v) is 1.47. The maximum Gasteiger partial charge on any atom is 0.190 e. The largest absolute Gasteiger partial charge is 0.380 e. The second-order valence-corrected chi connectivity index (χ2v) is 3.53. The van der Waals surface area contributed by atoms with Crippen molar-refractivity contribution < 1.29 is 9.13 Å². The normalized spacial score (nSPS) is 11.4. The van der Waals surface area contributed by atoms with Gasteiger partial charge in [-0.05, 0) is 17.7 Å². The average Bonchev–Trinajstić information content (AvgIpc) is 2.34. The zero-order valence-corrected chi connectivity index (χ0v) is 10.4. The SMILES string of the molecule is CN=C(NC)NCc1ccc(F)c(COC)c1. The number of aliphatic imine (C=N–C) groups is 1. The van der Waals surface area contributed by atoms with Crippen LogP contribution in [0.5, 0.6) is 0 Å². The molecule has 0 bridgehead atoms. The molecule has 0 saturated heterocycles. The highest BCUT2D eigenvalue weighted by Gasteiger charge is 2.03. The standard InChI is InChI=1S/C12H18FN3O/c1-14-12(15-2)16-7-9-4-5-11(13)10(6-9)8-17-3/h4-6H,7-8H2,1-3H3,(H2,14,15,16). The summed E-state index contributed by atoms with van der Waals surface area (Å²) in [5.74, 6) is 0.455. The molecule has 0 heterocycles. The Labute approximate surface area is 101 Å². The number of hydrogen-bond donors (Lipinski definition) is 2. The van der Waals surface area contributed by atoms with Gasteiger partial charge in [0.2, 0.25) is 0 Å². The van der Waals surface area contributed by atoms with Crippen LogP contribution in [-0.2, 0) is 17.9 Å². The van der Waals surface area contributed by atoms with E-state index in [0.717, 1.165) is 5.56 Å². The third kappa shape index (κ3) is 4.03. The van der Waals surface area contributed by atoms with Crippen LogP contribution in [0.1, 0.15) is 11.1 Å². The molecule has 0 atom stereocenters. The van der Waals surface area contributed by atoms with E-state index in [0.29, 0.717) is 18.1 Å². The van der Waals surface area contributed by atoms with Crippen molar-refractivity contribution in [1.29, 1.82) is 0 Å². The molecular weight excluding hydrogens is 221 g/mol. The van der Waals surface area contributed by atoms with Gasteiger partial charge in [0.1, 0.15) is 5.82 Å². The smallest absolute Gasteiger partial charge is 0.190 e. The van der Waals surface area contributed by atoms with Gasteiger partial charge in [-0.3, -0.25) is 4.99 Å². The summed E-state index contributed by atoms with van der Waals surface area (Å²) in [6.45, 7) is 0.866. The van der Waals surface area contributed by atoms with E-state index in [4.69, 9.17) is 4.74 Å². The summed E-state index contributed by atoms with van der Waals surface area (Å²) in [4.78, 5) is 3.99. The third-order valence-electron chi connectivity index (χ3n) is 2.33. The van der Waals surface area contributed by atoms with Crippen molar-refractivity contribution >= 4 is 5.96 Å². The summed E-state index contributed by atoms with van der Waals surface area (Å²) in [6, 6.07) is 4.98. The Morgan fingerprint density at radius 1 is 1.47 bits per heavy atom. The molecule has 0 aliphatic rings. The Hall–Kier alpha value is -1.62. The van der Waals surface area contributed by atoms with E-state index in [2.05, 4.69) is 15.6 Å². The van der Waals surface area contributed by atoms with Gasteiger partial charge in [0.25, 0.3) is 0 Å². The lowest BCUT2D eigenvalue weighted by atomic mass is 10.1. The topological polar surface area (TPSA) is 45.7 Å². The second kappa shape index (κ2) is 6.85. The molecule has 0 aliphatic heterocycles. The number of halogens is 1. The van der Waals surface area contributed by atoms with Crippen LogP contribution in [0, 0.1) is 5.82 Å². The molecule has 94 valence electrons. The predicted octanol–water partition coefficient (Wildman–Crippen LogP) is 1.27. The molecule has 0 aromatic heterocycles. The second-order valence-electron chi connectivity index (χ2n) is 3.53. The molecule has 2 N–H and O–H groups in total. The van der Waals surface area contributed by atoms with Gasteiger partial charge >= 0.3 is 0 Å². The first-order chi connectivity index (χ1) is 8.21. The van der Waals surface area contributed by atoms with Gasteiger partial charge in [0, 0.05) is 33.3 Å². The highest BCUT2D eigenvalue weighted by atomic mass is 19.1. The Balaban J connectivity index is 2.69. The lowest BCUT2D eigenvalue weighted by molar-refractivity contribution is 0.181. The molecule has 0 spiro atoms. The van der Waals surface area contributed by atoms with Crippen molar-refractivity contribution in [2.75, 3.05) is 21.2 Å². The minimum Gasteiger partial charge on any atom is -0.380 e. The predicted molar refractivity (Wildman–Crippen MR) is 66.4 cm³/mol. The van der Waals surface area contributed by atoms with Gasteiger partial charge < -0.3 is 15.4 Å². The van der Waals surface area contributed by atoms with Crippen molar-refractivity contribution in [3.63, 3.8) is 0 Å². The fourth-order valence-electron chi connectivity index (χ4n) is 1.47. The molecule has 0 unspecified atom stereocenters. The maximum absolute atomic E-state index is 13.4. The monoisotopic (exact) mass is 239 g/mol. The zero-order valence-electron chi connectivity index (χ0n) is 10.4. The molecule has 0 radical (unpaired) electrons. The maximum atomic E-state index is 13.4. The van der Waals surface area contributed by atoms with Gasteiger partial charge in [0.05, 0.1) is 6.61 Å². The Bertz CT molecular complexity index is 393. The molecule has 5 heteroatoms. The molecule has 0 aliphatic carbocycles. The van der Waals surface area contributed by atoms with Crippen LogP contribution in [0.15, 0.2) is 23.2 Å². The van der Waals surface area contributed by atoms with Crippen LogP contribution in [0.4, 0.5) is 4.39 Å². The Morgan fingerprint density at radius 2 is 2.24 bits per heavy atom. The number of benzene rings is 1. The van der Waals surface area contributed by atoms with E-state index in [1.54, 1.807) is 33.3 Å². The first-order valence-electron chi connectivity index (χ1n) is 5.36. The summed E-state index contributed by atoms with van der Waals surface area (Å²) in [7, 11) is 5.03. The molecule has 17 heavy (non-hydrogen) atoms. The molecular formula is C12H18FN3O. The van der Waals surface area contributed by atoms with Gasteiger partial charge in [-0.1, -0.05) is 6.07 Å². The first-order valence-corrected chi connectivity index (χ1v) is 5.36. The summed E-state index contributed by atoms with van der Waals surface area (Å²) in [5.41, 5.74) is 1.54. The van der Waals surface area contributed by atoms with Gasteiger partial charge in [-0.2, -0.15) is 0 Å². The van der Waals surface area contributed by atoms with Crippen LogP contribution < -0.4 is 10.6 Å². The van der Waals surface area contributed by atoms with Crippen molar-refractivity contribution in [2.45, 2.75) is 13.2 Å². The number of methoxy groups -OCH3 is 1. The van der Waals surface area contributed by atoms with E-state index >= 15 is 0 Å². The summed E-state index contributed by atoms with van der Waals surface area (Å²) in [5, 5.41) is 6.01. The van der Waals surface area contributed by atoms with E-state index in [9.17, 15) is 4.39 Å².